The second kappa shape index (κ2) is 6.70. The number of nitrogens with one attached hydrogen (secondary N) is 1. The molecule has 0 saturated carbocycles. The lowest BCUT2D eigenvalue weighted by atomic mass is 10.2. The van der Waals surface area contributed by atoms with Gasteiger partial charge < -0.3 is 15.8 Å². The molecule has 3 N–H and O–H groups in total. The number of methoxy groups -OCH3 is 1. The highest BCUT2D eigenvalue weighted by Crippen LogP contribution is 2.11. The Bertz CT molecular complexity index is 457. The van der Waals surface area contributed by atoms with Gasteiger partial charge in [-0.2, -0.15) is 0 Å². The van der Waals surface area contributed by atoms with Gasteiger partial charge in [-0.3, -0.25) is 4.79 Å². The number of rotatable bonds is 5. The van der Waals surface area contributed by atoms with Crippen LogP contribution in [-0.2, 0) is 9.53 Å². The van der Waals surface area contributed by atoms with Crippen molar-refractivity contribution in [3.63, 3.8) is 0 Å². The molecule has 6 heteroatoms. The molecule has 1 aromatic rings. The SMILES string of the molecule is COC(=O)c1ccc(NC(=O)CCC(N)=S)cc1. The van der Waals surface area contributed by atoms with Crippen LogP contribution in [0.2, 0.25) is 0 Å². The smallest absolute Gasteiger partial charge is 0.337 e. The molecule has 0 fully saturated rings. The van der Waals surface area contributed by atoms with Gasteiger partial charge in [-0.25, -0.2) is 4.79 Å². The molecule has 1 rings (SSSR count). The van der Waals surface area contributed by atoms with Crippen LogP contribution in [0.1, 0.15) is 23.2 Å². The van der Waals surface area contributed by atoms with Gasteiger partial charge in [0.1, 0.15) is 0 Å². The standard InChI is InChI=1S/C12H14N2O3S/c1-17-12(16)8-2-4-9(5-3-8)14-11(15)7-6-10(13)18/h2-5H,6-7H2,1H3,(H2,13,18)(H,14,15). The van der Waals surface area contributed by atoms with E-state index in [4.69, 9.17) is 5.73 Å². The van der Waals surface area contributed by atoms with E-state index in [9.17, 15) is 9.59 Å². The van der Waals surface area contributed by atoms with Crippen molar-refractivity contribution in [3.05, 3.63) is 29.8 Å². The largest absolute Gasteiger partial charge is 0.465 e. The van der Waals surface area contributed by atoms with Crippen LogP contribution >= 0.6 is 12.2 Å². The number of esters is 1. The van der Waals surface area contributed by atoms with Gasteiger partial charge in [0.15, 0.2) is 0 Å². The summed E-state index contributed by atoms with van der Waals surface area (Å²) in [5.41, 5.74) is 6.34. The quantitative estimate of drug-likeness (QED) is 0.623. The van der Waals surface area contributed by atoms with E-state index < -0.39 is 5.97 Å². The molecule has 18 heavy (non-hydrogen) atoms. The Kier molecular flexibility index (Phi) is 5.26. The molecule has 0 spiro atoms. The number of thiocarbonyl (C=S) groups is 1. The van der Waals surface area contributed by atoms with Gasteiger partial charge in [-0.05, 0) is 24.3 Å². The zero-order valence-corrected chi connectivity index (χ0v) is 10.8. The van der Waals surface area contributed by atoms with E-state index >= 15 is 0 Å². The molecule has 0 aliphatic heterocycles. The molecule has 0 heterocycles. The number of amides is 1. The van der Waals surface area contributed by atoms with Crippen LogP contribution < -0.4 is 11.1 Å². The predicted molar refractivity (Wildman–Crippen MR) is 72.4 cm³/mol. The van der Waals surface area contributed by atoms with Gasteiger partial charge in [-0.1, -0.05) is 12.2 Å². The fourth-order valence-electron chi connectivity index (χ4n) is 1.27. The number of carbonyl (C=O) groups is 2. The van der Waals surface area contributed by atoms with Crippen LogP contribution in [0.25, 0.3) is 0 Å². The Morgan fingerprint density at radius 1 is 1.28 bits per heavy atom. The highest BCUT2D eigenvalue weighted by atomic mass is 32.1. The summed E-state index contributed by atoms with van der Waals surface area (Å²) >= 11 is 4.68. The third-order valence-corrected chi connectivity index (χ3v) is 2.39. The Morgan fingerprint density at radius 3 is 2.39 bits per heavy atom. The van der Waals surface area contributed by atoms with Crippen molar-refractivity contribution in [2.45, 2.75) is 12.8 Å². The lowest BCUT2D eigenvalue weighted by molar-refractivity contribution is -0.116. The average molecular weight is 266 g/mol. The number of benzene rings is 1. The van der Waals surface area contributed by atoms with Crippen LogP contribution in [0.3, 0.4) is 0 Å². The second-order valence-electron chi connectivity index (χ2n) is 3.58. The van der Waals surface area contributed by atoms with Gasteiger partial charge in [0, 0.05) is 18.5 Å². The number of anilines is 1. The second-order valence-corrected chi connectivity index (χ2v) is 4.11. The number of ether oxygens (including phenoxy) is 1. The minimum atomic E-state index is -0.415. The average Bonchev–Trinajstić information content (AvgIpc) is 2.36. The third kappa shape index (κ3) is 4.50. The third-order valence-electron chi connectivity index (χ3n) is 2.19. The van der Waals surface area contributed by atoms with Crippen LogP contribution in [0, 0.1) is 0 Å². The molecular weight excluding hydrogens is 252 g/mol. The molecule has 0 aliphatic rings. The fraction of sp³-hybridized carbons (Fsp3) is 0.250. The van der Waals surface area contributed by atoms with Crippen molar-refractivity contribution in [3.8, 4) is 0 Å². The summed E-state index contributed by atoms with van der Waals surface area (Å²) in [4.78, 5) is 23.0. The van der Waals surface area contributed by atoms with E-state index in [1.54, 1.807) is 24.3 Å². The summed E-state index contributed by atoms with van der Waals surface area (Å²) in [6, 6.07) is 6.42. The van der Waals surface area contributed by atoms with Crippen LogP contribution in [0.15, 0.2) is 24.3 Å². The Hall–Kier alpha value is -1.95. The molecule has 96 valence electrons. The molecular formula is C12H14N2O3S. The van der Waals surface area contributed by atoms with Gasteiger partial charge in [0.05, 0.1) is 17.7 Å². The van der Waals surface area contributed by atoms with Crippen LogP contribution in [0.4, 0.5) is 5.69 Å². The van der Waals surface area contributed by atoms with Crippen molar-refractivity contribution in [2.24, 2.45) is 5.73 Å². The minimum Gasteiger partial charge on any atom is -0.465 e. The summed E-state index contributed by atoms with van der Waals surface area (Å²) in [6.45, 7) is 0. The van der Waals surface area contributed by atoms with Crippen molar-refractivity contribution >= 4 is 34.8 Å². The summed E-state index contributed by atoms with van der Waals surface area (Å²) in [6.07, 6.45) is 0.621. The molecule has 0 saturated heterocycles. The first-order chi connectivity index (χ1) is 8.52. The van der Waals surface area contributed by atoms with E-state index in [-0.39, 0.29) is 12.3 Å². The molecule has 0 aliphatic carbocycles. The number of carbonyl (C=O) groups excluding carboxylic acids is 2. The summed E-state index contributed by atoms with van der Waals surface area (Å²) in [5, 5.41) is 2.68. The maximum atomic E-state index is 11.5. The first-order valence-corrected chi connectivity index (χ1v) is 5.70. The van der Waals surface area contributed by atoms with Gasteiger partial charge in [0.25, 0.3) is 0 Å². The monoisotopic (exact) mass is 266 g/mol. The van der Waals surface area contributed by atoms with Crippen LogP contribution in [-0.4, -0.2) is 24.0 Å². The van der Waals surface area contributed by atoms with E-state index in [1.165, 1.54) is 7.11 Å². The minimum absolute atomic E-state index is 0.173. The predicted octanol–water partition coefficient (Wildman–Crippen LogP) is 1.48. The van der Waals surface area contributed by atoms with E-state index in [1.807, 2.05) is 0 Å². The highest BCUT2D eigenvalue weighted by Gasteiger charge is 2.06. The molecule has 0 radical (unpaired) electrons. The van der Waals surface area contributed by atoms with Crippen molar-refractivity contribution in [1.82, 2.24) is 0 Å². The lowest BCUT2D eigenvalue weighted by Crippen LogP contribution is -2.16. The van der Waals surface area contributed by atoms with E-state index in [0.717, 1.165) is 0 Å². The maximum absolute atomic E-state index is 11.5. The zero-order chi connectivity index (χ0) is 13.5. The molecule has 5 nitrogen and oxygen atoms in total. The number of hydrogen-bond donors (Lipinski definition) is 2. The van der Waals surface area contributed by atoms with Crippen molar-refractivity contribution < 1.29 is 14.3 Å². The Labute approximate surface area is 110 Å². The maximum Gasteiger partial charge on any atom is 0.337 e. The molecule has 0 aromatic heterocycles. The van der Waals surface area contributed by atoms with Gasteiger partial charge >= 0.3 is 5.97 Å². The zero-order valence-electron chi connectivity index (χ0n) is 9.93. The first kappa shape index (κ1) is 14.1. The summed E-state index contributed by atoms with van der Waals surface area (Å²) in [5.74, 6) is -0.588. The molecule has 1 amide bonds. The summed E-state index contributed by atoms with van der Waals surface area (Å²) < 4.78 is 4.57. The van der Waals surface area contributed by atoms with Crippen molar-refractivity contribution in [1.29, 1.82) is 0 Å². The highest BCUT2D eigenvalue weighted by molar-refractivity contribution is 7.80. The van der Waals surface area contributed by atoms with Crippen LogP contribution in [0.5, 0.6) is 0 Å². The van der Waals surface area contributed by atoms with Gasteiger partial charge in [-0.15, -0.1) is 0 Å². The molecule has 0 bridgehead atoms. The molecule has 0 atom stereocenters. The topological polar surface area (TPSA) is 81.4 Å². The molecule has 0 unspecified atom stereocenters. The lowest BCUT2D eigenvalue weighted by Gasteiger charge is -2.05. The Balaban J connectivity index is 2.55. The molecule has 1 aromatic carbocycles. The van der Waals surface area contributed by atoms with E-state index in [0.29, 0.717) is 22.7 Å². The van der Waals surface area contributed by atoms with E-state index in [2.05, 4.69) is 22.3 Å². The first-order valence-electron chi connectivity index (χ1n) is 5.29. The Morgan fingerprint density at radius 2 is 1.89 bits per heavy atom. The summed E-state index contributed by atoms with van der Waals surface area (Å²) in [7, 11) is 1.31. The number of nitrogens with two attached hydrogens (primary N) is 1. The fourth-order valence-corrected chi connectivity index (χ4v) is 1.37. The normalized spacial score (nSPS) is 9.61. The number of hydrogen-bond acceptors (Lipinski definition) is 4. The van der Waals surface area contributed by atoms with Crippen molar-refractivity contribution in [2.75, 3.05) is 12.4 Å². The van der Waals surface area contributed by atoms with Gasteiger partial charge in [0.2, 0.25) is 5.91 Å².